The first-order chi connectivity index (χ1) is 31.9. The molecule has 1 aromatic carbocycles. The highest BCUT2D eigenvalue weighted by molar-refractivity contribution is 7.91. The third kappa shape index (κ3) is 9.51. The molecule has 2 aromatic rings. The van der Waals surface area contributed by atoms with Gasteiger partial charge in [0.05, 0.1) is 59.4 Å². The first-order valence-corrected chi connectivity index (χ1v) is 26.7. The van der Waals surface area contributed by atoms with Crippen LogP contribution in [0.4, 0.5) is 0 Å². The van der Waals surface area contributed by atoms with Crippen molar-refractivity contribution in [1.82, 2.24) is 19.5 Å². The molecule has 1 N–H and O–H groups in total. The van der Waals surface area contributed by atoms with Gasteiger partial charge in [-0.2, -0.15) is 0 Å². The van der Waals surface area contributed by atoms with Crippen molar-refractivity contribution in [2.45, 2.75) is 147 Å². The van der Waals surface area contributed by atoms with Crippen LogP contribution in [-0.4, -0.2) is 115 Å². The van der Waals surface area contributed by atoms with Gasteiger partial charge in [-0.15, -0.1) is 6.58 Å². The first kappa shape index (κ1) is 46.6. The number of hydrogen-bond acceptors (Lipinski definition) is 12. The lowest BCUT2D eigenvalue weighted by atomic mass is 9.77. The van der Waals surface area contributed by atoms with Crippen LogP contribution in [0.25, 0.3) is 10.9 Å². The highest BCUT2D eigenvalue weighted by atomic mass is 32.2. The number of esters is 1. The molecule has 15 heteroatoms. The molecule has 4 saturated carbocycles. The van der Waals surface area contributed by atoms with E-state index in [0.717, 1.165) is 79.9 Å². The summed E-state index contributed by atoms with van der Waals surface area (Å²) in [5, 5.41) is 0.917. The summed E-state index contributed by atoms with van der Waals surface area (Å²) in [5.74, 6) is -0.393. The number of piperidine rings is 1. The van der Waals surface area contributed by atoms with E-state index in [1.165, 1.54) is 12.8 Å². The topological polar surface area (TPSA) is 171 Å². The maximum absolute atomic E-state index is 15.1. The third-order valence-electron chi connectivity index (χ3n) is 16.7. The Morgan fingerprint density at radius 3 is 2.42 bits per heavy atom. The number of allylic oxidation sites excluding steroid dienone is 1. The Morgan fingerprint density at radius 1 is 0.985 bits per heavy atom. The molecule has 9 atom stereocenters. The number of Topliss-reactive ketones (excluding diaryl/α,β-unsaturated/α-hetero) is 1. The number of nitrogens with zero attached hydrogens (tertiary/aromatic N) is 3. The Kier molecular flexibility index (Phi) is 12.3. The predicted octanol–water partition coefficient (Wildman–Crippen LogP) is 6.57. The Labute approximate surface area is 395 Å². The number of sulfonamides is 1. The number of para-hydroxylation sites is 1. The molecule has 10 rings (SSSR count). The Balaban J connectivity index is 0.991. The monoisotopic (exact) mass is 942 g/mol. The molecule has 1 aromatic heterocycles. The smallest absolute Gasteiger partial charge is 0.306 e. The summed E-state index contributed by atoms with van der Waals surface area (Å²) in [5.41, 5.74) is -0.391. The van der Waals surface area contributed by atoms with Crippen molar-refractivity contribution >= 4 is 44.5 Å². The molecular weight excluding hydrogens is 873 g/mol. The zero-order chi connectivity index (χ0) is 47.0. The number of pyridine rings is 1. The maximum Gasteiger partial charge on any atom is 0.306 e. The molecule has 67 heavy (non-hydrogen) atoms. The Bertz CT molecular complexity index is 2400. The molecule has 4 bridgehead atoms. The fraction of sp³-hybridized carbons (Fsp3) is 0.712. The molecule has 0 radical (unpaired) electrons. The summed E-state index contributed by atoms with van der Waals surface area (Å²) < 4.78 is 54.4. The minimum Gasteiger partial charge on any atom is -0.488 e. The normalized spacial score (nSPS) is 34.3. The number of hydrogen-bond donors (Lipinski definition) is 1. The van der Waals surface area contributed by atoms with Crippen molar-refractivity contribution in [3.05, 3.63) is 42.5 Å². The molecule has 8 aliphatic rings. The van der Waals surface area contributed by atoms with E-state index in [-0.39, 0.29) is 73.9 Å². The maximum atomic E-state index is 15.1. The summed E-state index contributed by atoms with van der Waals surface area (Å²) in [7, 11) is -3.97. The Morgan fingerprint density at radius 2 is 1.73 bits per heavy atom. The van der Waals surface area contributed by atoms with Gasteiger partial charge in [0.15, 0.2) is 5.78 Å². The van der Waals surface area contributed by atoms with Crippen LogP contribution in [0, 0.1) is 46.3 Å². The van der Waals surface area contributed by atoms with Crippen molar-refractivity contribution < 1.29 is 46.5 Å². The zero-order valence-corrected chi connectivity index (χ0v) is 40.7. The second-order valence-electron chi connectivity index (χ2n) is 23.0. The van der Waals surface area contributed by atoms with Crippen LogP contribution in [-0.2, 0) is 45.1 Å². The number of ether oxygens (including phenoxy) is 4. The molecule has 3 unspecified atom stereocenters. The predicted molar refractivity (Wildman–Crippen MR) is 250 cm³/mol. The highest BCUT2D eigenvalue weighted by Crippen LogP contribution is 2.57. The van der Waals surface area contributed by atoms with E-state index in [9.17, 15) is 22.8 Å². The average Bonchev–Trinajstić information content (AvgIpc) is 4.12. The van der Waals surface area contributed by atoms with Gasteiger partial charge in [-0.05, 0) is 100 Å². The van der Waals surface area contributed by atoms with Crippen LogP contribution in [0.2, 0.25) is 0 Å². The number of aromatic nitrogens is 1. The first-order valence-electron chi connectivity index (χ1n) is 25.2. The Hall–Kier alpha value is -4.08. The van der Waals surface area contributed by atoms with E-state index < -0.39 is 61.5 Å². The number of fused-ring (bicyclic) bond motifs is 7. The number of carbonyl (C=O) groups is 4. The lowest BCUT2D eigenvalue weighted by Gasteiger charge is -2.47. The number of amides is 2. The fourth-order valence-corrected chi connectivity index (χ4v) is 13.0. The third-order valence-corrected chi connectivity index (χ3v) is 18.9. The van der Waals surface area contributed by atoms with Crippen LogP contribution >= 0.6 is 0 Å². The standard InChI is InChI=1S/C52H70N4O10S/c1-6-35-23-52(35,49(60)54-67(61,62)51(5)18-19-51)24-42(57)41-21-36-28-56(41)48(59)39(50(2,3)4)22-44(58)65-43-20-32(43)12-8-7-9-14-38-46(37-13-10-11-15-40(37)53-47(38)64-36)66-45-33-26-55(25-31-16-17-31)27-34(45)30-63-29-33/h6,10-11,13,15,31-36,39,41,43,45H,1,7-9,12,14,16-30H2,2-5H3,(H,54,60)/t32-,33?,34?,35-,36-,39-,41+,43-,45?,52?/m1/s1. The number of nitrogens with one attached hydrogen (secondary N) is 1. The quantitative estimate of drug-likeness (QED) is 0.190. The van der Waals surface area contributed by atoms with E-state index in [1.54, 1.807) is 17.9 Å². The summed E-state index contributed by atoms with van der Waals surface area (Å²) in [6, 6.07) is 6.99. The van der Waals surface area contributed by atoms with Gasteiger partial charge in [0.2, 0.25) is 27.7 Å². The number of benzene rings is 1. The summed E-state index contributed by atoms with van der Waals surface area (Å²) >= 11 is 0. The number of ketones is 1. The van der Waals surface area contributed by atoms with E-state index in [1.807, 2.05) is 39.0 Å². The van der Waals surface area contributed by atoms with E-state index in [2.05, 4.69) is 22.3 Å². The van der Waals surface area contributed by atoms with Gasteiger partial charge in [-0.3, -0.25) is 23.9 Å². The second-order valence-corrected chi connectivity index (χ2v) is 25.2. The molecule has 0 spiro atoms. The van der Waals surface area contributed by atoms with E-state index in [4.69, 9.17) is 23.9 Å². The average molecular weight is 943 g/mol. The van der Waals surface area contributed by atoms with Gasteiger partial charge in [0.25, 0.3) is 0 Å². The van der Waals surface area contributed by atoms with Crippen molar-refractivity contribution in [3.8, 4) is 11.6 Å². The molecule has 4 aliphatic heterocycles. The molecule has 5 heterocycles. The van der Waals surface area contributed by atoms with Crippen molar-refractivity contribution in [1.29, 1.82) is 0 Å². The van der Waals surface area contributed by atoms with Gasteiger partial charge in [-0.25, -0.2) is 13.4 Å². The van der Waals surface area contributed by atoms with Crippen molar-refractivity contribution in [2.24, 2.45) is 46.3 Å². The van der Waals surface area contributed by atoms with E-state index >= 15 is 4.79 Å². The number of rotatable bonds is 11. The molecule has 3 saturated heterocycles. The van der Waals surface area contributed by atoms with Crippen LogP contribution in [0.1, 0.15) is 117 Å². The SMILES string of the molecule is C=C[C@@H]1CC1(CC(=O)[C@@H]1C[C@@H]2CN1C(=O)[C@H](C(C)(C)C)CC(=O)O[C@@H]1C[C@H]1CCCCCc1c(nc3ccccc3c1OC1C3COCC1CN(CC1CC1)C3)O2)C(=O)NS(=O)(=O)C1(C)CC1. The minimum absolute atomic E-state index is 0.0451. The summed E-state index contributed by atoms with van der Waals surface area (Å²) in [6.07, 6.45) is 9.39. The lowest BCUT2D eigenvalue weighted by Crippen LogP contribution is -2.57. The van der Waals surface area contributed by atoms with Crippen LogP contribution in [0.15, 0.2) is 36.9 Å². The summed E-state index contributed by atoms with van der Waals surface area (Å²) in [4.78, 5) is 67.0. The van der Waals surface area contributed by atoms with Crippen LogP contribution in [0.5, 0.6) is 11.6 Å². The van der Waals surface area contributed by atoms with Crippen molar-refractivity contribution in [2.75, 3.05) is 39.4 Å². The molecule has 2 amide bonds. The molecular formula is C52H70N4O10S. The largest absolute Gasteiger partial charge is 0.488 e. The number of likely N-dealkylation sites (tertiary alicyclic amines) is 1. The lowest BCUT2D eigenvalue weighted by molar-refractivity contribution is -0.154. The second kappa shape index (κ2) is 17.7. The van der Waals surface area contributed by atoms with Crippen molar-refractivity contribution in [3.63, 3.8) is 0 Å². The molecule has 4 aliphatic carbocycles. The number of carbonyl (C=O) groups excluding carboxylic acids is 4. The van der Waals surface area contributed by atoms with Gasteiger partial charge >= 0.3 is 5.97 Å². The molecule has 364 valence electrons. The van der Waals surface area contributed by atoms with E-state index in [0.29, 0.717) is 38.4 Å². The van der Waals surface area contributed by atoms with Gasteiger partial charge < -0.3 is 28.7 Å². The van der Waals surface area contributed by atoms with Crippen LogP contribution in [0.3, 0.4) is 0 Å². The summed E-state index contributed by atoms with van der Waals surface area (Å²) in [6.45, 7) is 15.6. The van der Waals surface area contributed by atoms with Gasteiger partial charge in [0, 0.05) is 49.7 Å². The molecule has 7 fully saturated rings. The van der Waals surface area contributed by atoms with Gasteiger partial charge in [0.1, 0.15) is 24.1 Å². The minimum atomic E-state index is -3.97. The molecule has 14 nitrogen and oxygen atoms in total. The fourth-order valence-electron chi connectivity index (χ4n) is 11.7. The highest BCUT2D eigenvalue weighted by Gasteiger charge is 2.63. The van der Waals surface area contributed by atoms with Gasteiger partial charge in [-0.1, -0.05) is 51.8 Å². The zero-order valence-electron chi connectivity index (χ0n) is 39.8. The van der Waals surface area contributed by atoms with Crippen LogP contribution < -0.4 is 14.2 Å².